The molecular weight excluding hydrogens is 230 g/mol. The van der Waals surface area contributed by atoms with E-state index in [0.29, 0.717) is 11.3 Å². The number of nitrogens with zero attached hydrogens (tertiary/aromatic N) is 1. The molecule has 1 heteroatoms. The molecule has 0 aromatic heterocycles. The predicted octanol–water partition coefficient (Wildman–Crippen LogP) is 5.70. The minimum atomic E-state index is 0.360. The zero-order chi connectivity index (χ0) is 13.7. The summed E-state index contributed by atoms with van der Waals surface area (Å²) < 4.78 is 0. The van der Waals surface area contributed by atoms with Crippen LogP contribution in [0.4, 0.5) is 0 Å². The molecule has 0 spiro atoms. The molecule has 0 aliphatic heterocycles. The Bertz CT molecular complexity index is 300. The van der Waals surface area contributed by atoms with Crippen molar-refractivity contribution in [2.24, 2.45) is 23.2 Å². The molecule has 0 amide bonds. The summed E-state index contributed by atoms with van der Waals surface area (Å²) >= 11 is 0. The van der Waals surface area contributed by atoms with Crippen molar-refractivity contribution >= 4 is 0 Å². The van der Waals surface area contributed by atoms with Crippen LogP contribution in [-0.2, 0) is 0 Å². The molecule has 2 aliphatic rings. The van der Waals surface area contributed by atoms with E-state index in [-0.39, 0.29) is 0 Å². The molecule has 1 nitrogen and oxygen atoms in total. The molecular formula is C18H31N. The molecule has 0 aromatic rings. The van der Waals surface area contributed by atoms with Crippen molar-refractivity contribution < 1.29 is 0 Å². The lowest BCUT2D eigenvalue weighted by atomic mass is 9.55. The summed E-state index contributed by atoms with van der Waals surface area (Å²) in [4.78, 5) is 0. The van der Waals surface area contributed by atoms with Gasteiger partial charge in [-0.2, -0.15) is 5.26 Å². The van der Waals surface area contributed by atoms with Gasteiger partial charge >= 0.3 is 0 Å². The molecule has 0 bridgehead atoms. The Morgan fingerprint density at radius 1 is 1.11 bits per heavy atom. The Morgan fingerprint density at radius 2 is 1.74 bits per heavy atom. The highest BCUT2D eigenvalue weighted by molar-refractivity contribution is 4.97. The second-order valence-electron chi connectivity index (χ2n) is 7.16. The summed E-state index contributed by atoms with van der Waals surface area (Å²) in [5.74, 6) is 2.17. The van der Waals surface area contributed by atoms with Crippen molar-refractivity contribution in [1.29, 1.82) is 5.26 Å². The largest absolute Gasteiger partial charge is 0.198 e. The highest BCUT2D eigenvalue weighted by Crippen LogP contribution is 2.54. The Morgan fingerprint density at radius 3 is 2.26 bits per heavy atom. The monoisotopic (exact) mass is 261 g/mol. The van der Waals surface area contributed by atoms with Gasteiger partial charge in [0.25, 0.3) is 0 Å². The van der Waals surface area contributed by atoms with Crippen LogP contribution in [0, 0.1) is 34.5 Å². The third kappa shape index (κ3) is 3.15. The third-order valence-electron chi connectivity index (χ3n) is 6.21. The van der Waals surface area contributed by atoms with Gasteiger partial charge in [0, 0.05) is 5.92 Å². The van der Waals surface area contributed by atoms with Gasteiger partial charge in [0.2, 0.25) is 0 Å². The Balaban J connectivity index is 2.07. The lowest BCUT2D eigenvalue weighted by molar-refractivity contribution is 0.00331. The fraction of sp³-hybridized carbons (Fsp3) is 0.944. The molecule has 19 heavy (non-hydrogen) atoms. The Labute approximate surface area is 119 Å². The minimum Gasteiger partial charge on any atom is -0.198 e. The molecule has 2 aliphatic carbocycles. The van der Waals surface area contributed by atoms with Gasteiger partial charge in [-0.3, -0.25) is 0 Å². The van der Waals surface area contributed by atoms with Gasteiger partial charge in [0.15, 0.2) is 0 Å². The molecule has 0 radical (unpaired) electrons. The molecule has 2 saturated carbocycles. The second kappa shape index (κ2) is 6.78. The molecule has 1 atom stereocenters. The van der Waals surface area contributed by atoms with Crippen molar-refractivity contribution in [3.05, 3.63) is 0 Å². The second-order valence-corrected chi connectivity index (χ2v) is 7.16. The highest BCUT2D eigenvalue weighted by atomic mass is 14.5. The van der Waals surface area contributed by atoms with Crippen LogP contribution in [0.3, 0.4) is 0 Å². The van der Waals surface area contributed by atoms with E-state index >= 15 is 0 Å². The summed E-state index contributed by atoms with van der Waals surface area (Å²) in [6.07, 6.45) is 15.0. The SMILES string of the molecule is CCCC(C)C1(C2CCC(C#N)CC2)CCCCC1. The van der Waals surface area contributed by atoms with E-state index < -0.39 is 0 Å². The number of rotatable bonds is 4. The van der Waals surface area contributed by atoms with Crippen molar-refractivity contribution in [2.75, 3.05) is 0 Å². The van der Waals surface area contributed by atoms with Gasteiger partial charge < -0.3 is 0 Å². The summed E-state index contributed by atoms with van der Waals surface area (Å²) in [7, 11) is 0. The van der Waals surface area contributed by atoms with E-state index in [1.54, 1.807) is 0 Å². The first-order valence-electron chi connectivity index (χ1n) is 8.62. The maximum Gasteiger partial charge on any atom is 0.0655 e. The Kier molecular flexibility index (Phi) is 5.31. The number of nitriles is 1. The predicted molar refractivity (Wildman–Crippen MR) is 80.7 cm³/mol. The van der Waals surface area contributed by atoms with Crippen LogP contribution in [0.1, 0.15) is 84.5 Å². The first-order chi connectivity index (χ1) is 9.23. The van der Waals surface area contributed by atoms with Crippen LogP contribution >= 0.6 is 0 Å². The topological polar surface area (TPSA) is 23.8 Å². The summed E-state index contributed by atoms with van der Waals surface area (Å²) in [5.41, 5.74) is 0.634. The van der Waals surface area contributed by atoms with Crippen LogP contribution in [-0.4, -0.2) is 0 Å². The summed E-state index contributed by atoms with van der Waals surface area (Å²) in [5, 5.41) is 9.10. The third-order valence-corrected chi connectivity index (χ3v) is 6.21. The van der Waals surface area contributed by atoms with E-state index in [0.717, 1.165) is 11.8 Å². The lowest BCUT2D eigenvalue weighted by Crippen LogP contribution is -2.40. The van der Waals surface area contributed by atoms with E-state index in [1.807, 2.05) is 0 Å². The van der Waals surface area contributed by atoms with Crippen molar-refractivity contribution in [2.45, 2.75) is 84.5 Å². The quantitative estimate of drug-likeness (QED) is 0.636. The summed E-state index contributed by atoms with van der Waals surface area (Å²) in [6, 6.07) is 2.49. The maximum atomic E-state index is 9.10. The average molecular weight is 261 g/mol. The van der Waals surface area contributed by atoms with Crippen LogP contribution in [0.15, 0.2) is 0 Å². The standard InChI is InChI=1S/C18H31N/c1-3-7-15(2)18(12-5-4-6-13-18)17-10-8-16(14-19)9-11-17/h15-17H,3-13H2,1-2H3. The zero-order valence-corrected chi connectivity index (χ0v) is 13.0. The molecule has 0 saturated heterocycles. The van der Waals surface area contributed by atoms with Gasteiger partial charge in [-0.05, 0) is 55.8 Å². The van der Waals surface area contributed by atoms with Gasteiger partial charge in [-0.1, -0.05) is 46.0 Å². The van der Waals surface area contributed by atoms with Crippen molar-refractivity contribution in [1.82, 2.24) is 0 Å². The van der Waals surface area contributed by atoms with Crippen LogP contribution < -0.4 is 0 Å². The molecule has 0 heterocycles. The van der Waals surface area contributed by atoms with Gasteiger partial charge in [0.05, 0.1) is 6.07 Å². The molecule has 2 rings (SSSR count). The molecule has 2 fully saturated rings. The van der Waals surface area contributed by atoms with E-state index in [2.05, 4.69) is 19.9 Å². The van der Waals surface area contributed by atoms with E-state index in [4.69, 9.17) is 5.26 Å². The first-order valence-corrected chi connectivity index (χ1v) is 8.62. The van der Waals surface area contributed by atoms with Gasteiger partial charge in [-0.15, -0.1) is 0 Å². The number of hydrogen-bond donors (Lipinski definition) is 0. The Hall–Kier alpha value is -0.510. The average Bonchev–Trinajstić information content (AvgIpc) is 2.48. The van der Waals surface area contributed by atoms with Crippen molar-refractivity contribution in [3.8, 4) is 6.07 Å². The van der Waals surface area contributed by atoms with Crippen LogP contribution in [0.2, 0.25) is 0 Å². The van der Waals surface area contributed by atoms with Crippen molar-refractivity contribution in [3.63, 3.8) is 0 Å². The van der Waals surface area contributed by atoms with Crippen LogP contribution in [0.5, 0.6) is 0 Å². The normalized spacial score (nSPS) is 32.5. The van der Waals surface area contributed by atoms with Gasteiger partial charge in [0.1, 0.15) is 0 Å². The van der Waals surface area contributed by atoms with Gasteiger partial charge in [-0.25, -0.2) is 0 Å². The molecule has 0 aromatic carbocycles. The highest BCUT2D eigenvalue weighted by Gasteiger charge is 2.44. The summed E-state index contributed by atoms with van der Waals surface area (Å²) in [6.45, 7) is 4.85. The first kappa shape index (κ1) is 14.9. The maximum absolute atomic E-state index is 9.10. The molecule has 1 unspecified atom stereocenters. The fourth-order valence-corrected chi connectivity index (χ4v) is 5.03. The molecule has 108 valence electrons. The minimum absolute atomic E-state index is 0.360. The lowest BCUT2D eigenvalue weighted by Gasteiger charge is -2.50. The number of hydrogen-bond acceptors (Lipinski definition) is 1. The van der Waals surface area contributed by atoms with E-state index in [9.17, 15) is 0 Å². The fourth-order valence-electron chi connectivity index (χ4n) is 5.03. The zero-order valence-electron chi connectivity index (χ0n) is 13.0. The smallest absolute Gasteiger partial charge is 0.0655 e. The molecule has 0 N–H and O–H groups in total. The van der Waals surface area contributed by atoms with Crippen LogP contribution in [0.25, 0.3) is 0 Å². The van der Waals surface area contributed by atoms with E-state index in [1.165, 1.54) is 70.6 Å².